The van der Waals surface area contributed by atoms with Gasteiger partial charge in [0.15, 0.2) is 5.76 Å². The van der Waals surface area contributed by atoms with Gasteiger partial charge in [-0.1, -0.05) is 36.4 Å². The highest BCUT2D eigenvalue weighted by molar-refractivity contribution is 5.91. The van der Waals surface area contributed by atoms with E-state index in [1.807, 2.05) is 0 Å². The molecule has 5 rings (SSSR count). The van der Waals surface area contributed by atoms with Gasteiger partial charge in [0.2, 0.25) is 0 Å². The first kappa shape index (κ1) is 33.7. The summed E-state index contributed by atoms with van der Waals surface area (Å²) in [6, 6.07) is 14.0. The zero-order chi connectivity index (χ0) is 34.0. The summed E-state index contributed by atoms with van der Waals surface area (Å²) in [6.45, 7) is 2.54. The highest BCUT2D eigenvalue weighted by atomic mass is 19.4. The average Bonchev–Trinajstić information content (AvgIpc) is 3.50. The molecule has 3 heterocycles. The predicted molar refractivity (Wildman–Crippen MR) is 168 cm³/mol. The average molecular weight is 657 g/mol. The van der Waals surface area contributed by atoms with Gasteiger partial charge in [-0.05, 0) is 36.8 Å². The van der Waals surface area contributed by atoms with E-state index < -0.39 is 47.0 Å². The van der Waals surface area contributed by atoms with Crippen LogP contribution in [0.1, 0.15) is 44.7 Å². The van der Waals surface area contributed by atoms with E-state index >= 15 is 0 Å². The maximum Gasteiger partial charge on any atom is 0.416 e. The third-order valence-corrected chi connectivity index (χ3v) is 8.35. The molecule has 0 bridgehead atoms. The van der Waals surface area contributed by atoms with Gasteiger partial charge in [0.25, 0.3) is 11.5 Å². The molecule has 0 unspecified atom stereocenters. The van der Waals surface area contributed by atoms with Crippen LogP contribution in [0, 0.1) is 12.7 Å². The van der Waals surface area contributed by atoms with Crippen molar-refractivity contribution in [3.8, 4) is 0 Å². The van der Waals surface area contributed by atoms with E-state index in [2.05, 4.69) is 4.90 Å². The minimum atomic E-state index is -4.87. The van der Waals surface area contributed by atoms with Gasteiger partial charge in [0.05, 0.1) is 25.2 Å². The van der Waals surface area contributed by atoms with E-state index in [-0.39, 0.29) is 29.6 Å². The molecule has 0 spiro atoms. The fraction of sp³-hybridized carbons (Fsp3) is 0.364. The summed E-state index contributed by atoms with van der Waals surface area (Å²) in [5, 5.41) is 0. The fourth-order valence-electron chi connectivity index (χ4n) is 5.79. The molecule has 47 heavy (non-hydrogen) atoms. The Morgan fingerprint density at radius 1 is 0.936 bits per heavy atom. The topological polar surface area (TPSA) is 110 Å². The molecule has 1 saturated heterocycles. The standard InChI is InChI=1S/C33H36F4N6O4/c1-21-29(41-16-14-40(15-17-41)18-23-12-13-28(47-23)30(44)39(2)3)31(45)43(20-27(38)22-8-5-4-6-9-22)32(46)42(21)19-24-25(33(35,36)37)10-7-11-26(24)34/h4-13,27H,14-20,38H2,1-3H3/t27-/m0/s1. The summed E-state index contributed by atoms with van der Waals surface area (Å²) in [5.41, 5.74) is 3.87. The molecule has 4 aromatic rings. The fourth-order valence-corrected chi connectivity index (χ4v) is 5.79. The second-order valence-electron chi connectivity index (χ2n) is 11.7. The van der Waals surface area contributed by atoms with Gasteiger partial charge in [-0.3, -0.25) is 23.6 Å². The summed E-state index contributed by atoms with van der Waals surface area (Å²) in [7, 11) is 3.26. The Hall–Kier alpha value is -4.69. The monoisotopic (exact) mass is 656 g/mol. The number of carbonyl (C=O) groups excluding carboxylic acids is 1. The molecule has 2 aromatic carbocycles. The summed E-state index contributed by atoms with van der Waals surface area (Å²) >= 11 is 0. The van der Waals surface area contributed by atoms with Crippen molar-refractivity contribution >= 4 is 11.6 Å². The van der Waals surface area contributed by atoms with Crippen LogP contribution < -0.4 is 21.9 Å². The summed E-state index contributed by atoms with van der Waals surface area (Å²) in [6.07, 6.45) is -4.87. The van der Waals surface area contributed by atoms with Crippen LogP contribution in [-0.4, -0.2) is 65.1 Å². The lowest BCUT2D eigenvalue weighted by Crippen LogP contribution is -2.51. The Kier molecular flexibility index (Phi) is 9.73. The first-order valence-corrected chi connectivity index (χ1v) is 15.0. The first-order valence-electron chi connectivity index (χ1n) is 15.0. The van der Waals surface area contributed by atoms with E-state index in [1.165, 1.54) is 11.8 Å². The van der Waals surface area contributed by atoms with Crippen LogP contribution >= 0.6 is 0 Å². The molecule has 1 aliphatic rings. The molecular formula is C33H36F4N6O4. The minimum Gasteiger partial charge on any atom is -0.455 e. The quantitative estimate of drug-likeness (QED) is 0.273. The number of piperazine rings is 1. The van der Waals surface area contributed by atoms with Crippen LogP contribution in [0.3, 0.4) is 0 Å². The Morgan fingerprint density at radius 2 is 1.62 bits per heavy atom. The number of aromatic nitrogens is 2. The smallest absolute Gasteiger partial charge is 0.416 e. The Labute approximate surface area is 268 Å². The first-order chi connectivity index (χ1) is 22.3. The van der Waals surface area contributed by atoms with E-state index in [4.69, 9.17) is 10.2 Å². The lowest BCUT2D eigenvalue weighted by atomic mass is 10.1. The Balaban J connectivity index is 1.49. The van der Waals surface area contributed by atoms with Crippen LogP contribution in [0.2, 0.25) is 0 Å². The summed E-state index contributed by atoms with van der Waals surface area (Å²) in [4.78, 5) is 45.3. The number of carbonyl (C=O) groups is 1. The van der Waals surface area contributed by atoms with Crippen LogP contribution in [0.4, 0.5) is 23.2 Å². The summed E-state index contributed by atoms with van der Waals surface area (Å²) < 4.78 is 64.3. The van der Waals surface area contributed by atoms with Crippen molar-refractivity contribution in [2.75, 3.05) is 45.2 Å². The van der Waals surface area contributed by atoms with Crippen LogP contribution in [0.25, 0.3) is 0 Å². The summed E-state index contributed by atoms with van der Waals surface area (Å²) in [5.74, 6) is -0.559. The molecule has 2 N–H and O–H groups in total. The molecule has 0 saturated carbocycles. The van der Waals surface area contributed by atoms with Gasteiger partial charge >= 0.3 is 11.9 Å². The number of hydrogen-bond donors (Lipinski definition) is 1. The van der Waals surface area contributed by atoms with Crippen LogP contribution in [-0.2, 0) is 25.8 Å². The number of alkyl halides is 3. The normalized spacial score (nSPS) is 14.8. The van der Waals surface area contributed by atoms with Crippen molar-refractivity contribution in [2.45, 2.75) is 38.8 Å². The van der Waals surface area contributed by atoms with Gasteiger partial charge < -0.3 is 20.0 Å². The molecule has 2 aromatic heterocycles. The SMILES string of the molecule is Cc1c(N2CCN(Cc3ccc(C(=O)N(C)C)o3)CC2)c(=O)n(C[C@H](N)c2ccccc2)c(=O)n1Cc1c(F)cccc1C(F)(F)F. The van der Waals surface area contributed by atoms with Crippen molar-refractivity contribution in [1.29, 1.82) is 0 Å². The second kappa shape index (κ2) is 13.6. The van der Waals surface area contributed by atoms with E-state index in [0.29, 0.717) is 44.0 Å². The van der Waals surface area contributed by atoms with Crippen LogP contribution in [0.5, 0.6) is 0 Å². The third kappa shape index (κ3) is 7.18. The highest BCUT2D eigenvalue weighted by Gasteiger charge is 2.35. The van der Waals surface area contributed by atoms with E-state index in [0.717, 1.165) is 27.3 Å². The Bertz CT molecular complexity index is 1860. The predicted octanol–water partition coefficient (Wildman–Crippen LogP) is 3.84. The molecule has 0 radical (unpaired) electrons. The minimum absolute atomic E-state index is 0.118. The number of anilines is 1. The number of benzene rings is 2. The van der Waals surface area contributed by atoms with Gasteiger partial charge in [-0.15, -0.1) is 0 Å². The van der Waals surface area contributed by atoms with Gasteiger partial charge in [-0.2, -0.15) is 13.2 Å². The molecular weight excluding hydrogens is 620 g/mol. The van der Waals surface area contributed by atoms with Crippen molar-refractivity contribution in [3.05, 3.63) is 121 Å². The number of furan rings is 1. The third-order valence-electron chi connectivity index (χ3n) is 8.35. The molecule has 10 nitrogen and oxygen atoms in total. The Morgan fingerprint density at radius 3 is 2.26 bits per heavy atom. The van der Waals surface area contributed by atoms with Crippen LogP contribution in [0.15, 0.2) is 74.7 Å². The molecule has 1 amide bonds. The molecule has 0 aliphatic carbocycles. The van der Waals surface area contributed by atoms with E-state index in [1.54, 1.807) is 61.5 Å². The molecule has 1 atom stereocenters. The second-order valence-corrected chi connectivity index (χ2v) is 11.7. The lowest BCUT2D eigenvalue weighted by Gasteiger charge is -2.36. The number of rotatable bonds is 9. The van der Waals surface area contributed by atoms with Crippen molar-refractivity contribution in [2.24, 2.45) is 5.73 Å². The number of hydrogen-bond acceptors (Lipinski definition) is 7. The molecule has 14 heteroatoms. The number of halogens is 4. The molecule has 1 aliphatic heterocycles. The largest absolute Gasteiger partial charge is 0.455 e. The van der Waals surface area contributed by atoms with Gasteiger partial charge in [-0.25, -0.2) is 9.18 Å². The number of nitrogens with zero attached hydrogens (tertiary/aromatic N) is 5. The van der Waals surface area contributed by atoms with Crippen molar-refractivity contribution in [3.63, 3.8) is 0 Å². The number of amides is 1. The maximum atomic E-state index is 15.0. The van der Waals surface area contributed by atoms with E-state index in [9.17, 15) is 31.9 Å². The maximum absolute atomic E-state index is 15.0. The zero-order valence-electron chi connectivity index (χ0n) is 26.3. The molecule has 1 fully saturated rings. The van der Waals surface area contributed by atoms with Crippen molar-refractivity contribution < 1.29 is 26.8 Å². The number of nitrogens with two attached hydrogens (primary N) is 1. The lowest BCUT2D eigenvalue weighted by molar-refractivity contribution is -0.138. The highest BCUT2D eigenvalue weighted by Crippen LogP contribution is 2.33. The molecule has 250 valence electrons. The van der Waals surface area contributed by atoms with Gasteiger partial charge in [0.1, 0.15) is 17.3 Å². The zero-order valence-corrected chi connectivity index (χ0v) is 26.3. The van der Waals surface area contributed by atoms with Crippen molar-refractivity contribution in [1.82, 2.24) is 18.9 Å². The van der Waals surface area contributed by atoms with Gasteiger partial charge in [0, 0.05) is 57.6 Å².